The van der Waals surface area contributed by atoms with Gasteiger partial charge in [0.1, 0.15) is 12.4 Å². The van der Waals surface area contributed by atoms with E-state index in [1.165, 1.54) is 41.3 Å². The highest BCUT2D eigenvalue weighted by Gasteiger charge is 2.37. The quantitative estimate of drug-likeness (QED) is 0.348. The summed E-state index contributed by atoms with van der Waals surface area (Å²) in [4.78, 5) is 60.2. The van der Waals surface area contributed by atoms with E-state index in [0.717, 1.165) is 38.7 Å². The average molecular weight is 675 g/mol. The number of halogens is 1. The van der Waals surface area contributed by atoms with E-state index in [-0.39, 0.29) is 34.3 Å². The topological polar surface area (TPSA) is 157 Å². The predicted octanol–water partition coefficient (Wildman–Crippen LogP) is 3.63. The van der Waals surface area contributed by atoms with Crippen LogP contribution in [0.3, 0.4) is 0 Å². The van der Waals surface area contributed by atoms with Gasteiger partial charge in [-0.1, -0.05) is 36.4 Å². The van der Waals surface area contributed by atoms with Crippen molar-refractivity contribution < 1.29 is 32.0 Å². The Morgan fingerprint density at radius 3 is 2.21 bits per heavy atom. The Morgan fingerprint density at radius 1 is 0.896 bits per heavy atom. The van der Waals surface area contributed by atoms with Crippen molar-refractivity contribution in [3.8, 4) is 0 Å². The van der Waals surface area contributed by atoms with Crippen LogP contribution in [0, 0.1) is 17.7 Å². The summed E-state index contributed by atoms with van der Waals surface area (Å²) in [6.07, 6.45) is 2.70. The molecule has 1 aliphatic carbocycles. The van der Waals surface area contributed by atoms with Gasteiger partial charge in [0, 0.05) is 36.8 Å². The number of nitrogens with zero attached hydrogens (tertiary/aromatic N) is 3. The molecule has 5 amide bonds. The van der Waals surface area contributed by atoms with Crippen LogP contribution in [0.2, 0.25) is 0 Å². The normalized spacial score (nSPS) is 20.6. The third kappa shape index (κ3) is 7.08. The van der Waals surface area contributed by atoms with Crippen molar-refractivity contribution in [3.05, 3.63) is 89.7 Å². The number of hydrogen-bond acceptors (Lipinski definition) is 7. The first-order valence-electron chi connectivity index (χ1n) is 15.7. The molecule has 7 rings (SSSR count). The summed E-state index contributed by atoms with van der Waals surface area (Å²) in [5, 5.41) is 5.02. The van der Waals surface area contributed by atoms with Crippen LogP contribution in [0.5, 0.6) is 0 Å². The molecule has 14 heteroatoms. The fourth-order valence-electron chi connectivity index (χ4n) is 6.57. The lowest BCUT2D eigenvalue weighted by Crippen LogP contribution is -2.51. The second kappa shape index (κ2) is 13.6. The molecule has 250 valence electrons. The van der Waals surface area contributed by atoms with E-state index >= 15 is 4.39 Å². The first kappa shape index (κ1) is 32.8. The minimum Gasteiger partial charge on any atom is -0.341 e. The summed E-state index contributed by atoms with van der Waals surface area (Å²) in [6, 6.07) is 17.0. The van der Waals surface area contributed by atoms with E-state index in [2.05, 4.69) is 15.6 Å². The van der Waals surface area contributed by atoms with E-state index < -0.39 is 39.9 Å². The number of rotatable bonds is 7. The smallest absolute Gasteiger partial charge is 0.321 e. The minimum atomic E-state index is -4.19. The molecular weight excluding hydrogens is 639 g/mol. The number of anilines is 2. The fraction of sp³-hybridized carbons (Fsp3) is 0.324. The molecule has 2 bridgehead atoms. The Labute approximate surface area is 277 Å². The molecule has 0 spiro atoms. The number of aliphatic imine (C=N–C) groups is 1. The lowest BCUT2D eigenvalue weighted by atomic mass is 9.84. The third-order valence-electron chi connectivity index (χ3n) is 8.85. The van der Waals surface area contributed by atoms with Gasteiger partial charge in [0.2, 0.25) is 18.0 Å². The van der Waals surface area contributed by atoms with Gasteiger partial charge < -0.3 is 15.5 Å². The maximum absolute atomic E-state index is 15.2. The minimum absolute atomic E-state index is 0.0458. The van der Waals surface area contributed by atoms with Gasteiger partial charge in [-0.15, -0.1) is 0 Å². The standard InChI is InChI=1S/C34H35FN6O6S/c1-21(42)39-48(46,47)25-8-6-7-24(17-25)36-34(45)38-32-33(44)41(20-30(43)40-18-22-13-14-23(19-40)16-15-22)29-12-5-3-10-27(29)31(37-32)26-9-2-4-11-28(26)35/h2-12,17,22-23,32H,13-16,18-20H2,1H3,(H,39,42)(H2,36,38,45). The molecule has 48 heavy (non-hydrogen) atoms. The number of carbonyl (C=O) groups is 4. The van der Waals surface area contributed by atoms with Crippen molar-refractivity contribution >= 4 is 50.9 Å². The molecule has 12 nitrogen and oxygen atoms in total. The van der Waals surface area contributed by atoms with Gasteiger partial charge in [-0.25, -0.2) is 27.3 Å². The summed E-state index contributed by atoms with van der Waals surface area (Å²) in [5.41, 5.74) is 0.993. The van der Waals surface area contributed by atoms with E-state index in [1.807, 2.05) is 9.62 Å². The molecular formula is C34H35FN6O6S. The van der Waals surface area contributed by atoms with Crippen LogP contribution in [0.1, 0.15) is 43.7 Å². The summed E-state index contributed by atoms with van der Waals surface area (Å²) >= 11 is 0. The SMILES string of the molecule is CC(=O)NS(=O)(=O)c1cccc(NC(=O)NC2N=C(c3ccccc3F)c3ccccc3N(CC(=O)N3CC4CCC(CC4)C3)C2=O)c1. The van der Waals surface area contributed by atoms with Crippen LogP contribution in [-0.2, 0) is 24.4 Å². The molecule has 0 radical (unpaired) electrons. The summed E-state index contributed by atoms with van der Waals surface area (Å²) in [7, 11) is -4.19. The fourth-order valence-corrected chi connectivity index (χ4v) is 7.60. The number of fused-ring (bicyclic) bond motifs is 5. The number of benzodiazepines with no additional fused rings is 1. The first-order valence-corrected chi connectivity index (χ1v) is 17.2. The Morgan fingerprint density at radius 2 is 1.54 bits per heavy atom. The molecule has 1 saturated carbocycles. The highest BCUT2D eigenvalue weighted by molar-refractivity contribution is 7.90. The molecule has 3 aromatic carbocycles. The van der Waals surface area contributed by atoms with Crippen molar-refractivity contribution in [2.75, 3.05) is 29.9 Å². The Kier molecular flexibility index (Phi) is 9.27. The molecule has 1 unspecified atom stereocenters. The van der Waals surface area contributed by atoms with Crippen LogP contribution in [-0.4, -0.2) is 68.6 Å². The average Bonchev–Trinajstić information content (AvgIpc) is 3.44. The number of carbonyl (C=O) groups excluding carboxylic acids is 4. The van der Waals surface area contributed by atoms with Gasteiger partial charge in [-0.2, -0.15) is 0 Å². The van der Waals surface area contributed by atoms with Gasteiger partial charge in [0.15, 0.2) is 0 Å². The molecule has 4 aliphatic rings. The summed E-state index contributed by atoms with van der Waals surface area (Å²) in [5.74, 6) is -1.48. The monoisotopic (exact) mass is 674 g/mol. The van der Waals surface area contributed by atoms with Gasteiger partial charge >= 0.3 is 6.03 Å². The maximum Gasteiger partial charge on any atom is 0.321 e. The first-order chi connectivity index (χ1) is 23.0. The molecule has 3 fully saturated rings. The highest BCUT2D eigenvalue weighted by Crippen LogP contribution is 2.34. The third-order valence-corrected chi connectivity index (χ3v) is 10.3. The molecule has 3 heterocycles. The van der Waals surface area contributed by atoms with Crippen molar-refractivity contribution in [2.24, 2.45) is 16.8 Å². The van der Waals surface area contributed by atoms with Crippen molar-refractivity contribution in [3.63, 3.8) is 0 Å². The molecule has 1 atom stereocenters. The Hall–Kier alpha value is -5.11. The number of amides is 5. The number of hydrogen-bond donors (Lipinski definition) is 3. The number of benzene rings is 3. The van der Waals surface area contributed by atoms with E-state index in [4.69, 9.17) is 0 Å². The van der Waals surface area contributed by atoms with E-state index in [0.29, 0.717) is 36.2 Å². The molecule has 3 aromatic rings. The zero-order chi connectivity index (χ0) is 34.0. The second-order valence-corrected chi connectivity index (χ2v) is 14.0. The van der Waals surface area contributed by atoms with Gasteiger partial charge in [0.25, 0.3) is 15.9 Å². The lowest BCUT2D eigenvalue weighted by Gasteiger charge is -2.29. The van der Waals surface area contributed by atoms with Crippen LogP contribution in [0.4, 0.5) is 20.6 Å². The number of urea groups is 1. The number of sulfonamides is 1. The van der Waals surface area contributed by atoms with Crippen molar-refractivity contribution in [1.29, 1.82) is 0 Å². The number of para-hydroxylation sites is 1. The maximum atomic E-state index is 15.2. The molecule has 2 saturated heterocycles. The van der Waals surface area contributed by atoms with Crippen LogP contribution < -0.4 is 20.3 Å². The second-order valence-electron chi connectivity index (χ2n) is 12.3. The molecule has 0 aromatic heterocycles. The zero-order valence-corrected chi connectivity index (χ0v) is 27.0. The summed E-state index contributed by atoms with van der Waals surface area (Å²) < 4.78 is 42.1. The number of nitrogens with one attached hydrogen (secondary N) is 3. The van der Waals surface area contributed by atoms with Crippen LogP contribution in [0.15, 0.2) is 82.7 Å². The van der Waals surface area contributed by atoms with E-state index in [1.54, 1.807) is 30.3 Å². The zero-order valence-electron chi connectivity index (χ0n) is 26.2. The van der Waals surface area contributed by atoms with Crippen molar-refractivity contribution in [1.82, 2.24) is 14.9 Å². The molecule has 3 N–H and O–H groups in total. The van der Waals surface area contributed by atoms with Gasteiger partial charge in [-0.3, -0.25) is 19.3 Å². The Balaban J connectivity index is 1.32. The van der Waals surface area contributed by atoms with Gasteiger partial charge in [0.05, 0.1) is 16.3 Å². The van der Waals surface area contributed by atoms with Gasteiger partial charge in [-0.05, 0) is 73.9 Å². The Bertz CT molecular complexity index is 1890. The molecule has 3 aliphatic heterocycles. The summed E-state index contributed by atoms with van der Waals surface area (Å²) in [6.45, 7) is 1.99. The van der Waals surface area contributed by atoms with Crippen molar-refractivity contribution in [2.45, 2.75) is 43.7 Å². The predicted molar refractivity (Wildman–Crippen MR) is 176 cm³/mol. The van der Waals surface area contributed by atoms with Crippen LogP contribution >= 0.6 is 0 Å². The lowest BCUT2D eigenvalue weighted by molar-refractivity contribution is -0.132. The van der Waals surface area contributed by atoms with E-state index in [9.17, 15) is 27.6 Å². The largest absolute Gasteiger partial charge is 0.341 e. The highest BCUT2D eigenvalue weighted by atomic mass is 32.2. The van der Waals surface area contributed by atoms with Crippen LogP contribution in [0.25, 0.3) is 0 Å².